The van der Waals surface area contributed by atoms with E-state index in [-0.39, 0.29) is 11.5 Å². The zero-order valence-electron chi connectivity index (χ0n) is 8.13. The molecule has 0 bridgehead atoms. The molecule has 1 rings (SSSR count). The van der Waals surface area contributed by atoms with Crippen LogP contribution in [0.25, 0.3) is 0 Å². The van der Waals surface area contributed by atoms with Crippen LogP contribution in [-0.4, -0.2) is 24.4 Å². The Morgan fingerprint density at radius 1 is 1.58 bits per heavy atom. The van der Waals surface area contributed by atoms with Gasteiger partial charge in [0.15, 0.2) is 0 Å². The number of hydrogen-bond acceptors (Lipinski definition) is 2. The van der Waals surface area contributed by atoms with Crippen molar-refractivity contribution < 1.29 is 9.84 Å². The van der Waals surface area contributed by atoms with E-state index in [0.29, 0.717) is 13.2 Å². The Labute approximate surface area is 74.2 Å². The Balaban J connectivity index is 2.69. The van der Waals surface area contributed by atoms with Gasteiger partial charge >= 0.3 is 0 Å². The minimum absolute atomic E-state index is 0.115. The highest BCUT2D eigenvalue weighted by Gasteiger charge is 2.19. The number of aliphatic hydroxyl groups excluding tert-OH is 1. The van der Waals surface area contributed by atoms with E-state index in [1.165, 1.54) is 5.57 Å². The molecule has 0 aromatic heterocycles. The molecule has 1 heterocycles. The predicted molar refractivity (Wildman–Crippen MR) is 49.0 cm³/mol. The van der Waals surface area contributed by atoms with Gasteiger partial charge in [-0.3, -0.25) is 0 Å². The summed E-state index contributed by atoms with van der Waals surface area (Å²) < 4.78 is 5.36. The van der Waals surface area contributed by atoms with Gasteiger partial charge in [-0.2, -0.15) is 0 Å². The fourth-order valence-corrected chi connectivity index (χ4v) is 1.66. The van der Waals surface area contributed by atoms with Crippen molar-refractivity contribution in [1.82, 2.24) is 0 Å². The van der Waals surface area contributed by atoms with Crippen LogP contribution in [0.4, 0.5) is 0 Å². The van der Waals surface area contributed by atoms with E-state index in [2.05, 4.69) is 26.8 Å². The summed E-state index contributed by atoms with van der Waals surface area (Å²) in [6.45, 7) is 7.52. The van der Waals surface area contributed by atoms with Crippen molar-refractivity contribution in [2.45, 2.75) is 33.3 Å². The van der Waals surface area contributed by atoms with Gasteiger partial charge in [0.25, 0.3) is 0 Å². The zero-order valence-corrected chi connectivity index (χ0v) is 8.13. The van der Waals surface area contributed by atoms with Crippen LogP contribution in [0.2, 0.25) is 0 Å². The Hall–Kier alpha value is -0.340. The molecule has 0 saturated heterocycles. The molecule has 1 N–H and O–H groups in total. The zero-order chi connectivity index (χ0) is 9.19. The van der Waals surface area contributed by atoms with E-state index in [0.717, 1.165) is 6.42 Å². The summed E-state index contributed by atoms with van der Waals surface area (Å²) in [7, 11) is 0. The van der Waals surface area contributed by atoms with Crippen LogP contribution in [-0.2, 0) is 4.74 Å². The number of aliphatic hydroxyl groups is 1. The first-order valence-electron chi connectivity index (χ1n) is 4.44. The van der Waals surface area contributed by atoms with Crippen molar-refractivity contribution in [3.63, 3.8) is 0 Å². The number of rotatable bonds is 0. The molecule has 2 nitrogen and oxygen atoms in total. The van der Waals surface area contributed by atoms with Crippen LogP contribution < -0.4 is 0 Å². The van der Waals surface area contributed by atoms with Gasteiger partial charge in [-0.1, -0.05) is 25.5 Å². The first-order valence-corrected chi connectivity index (χ1v) is 4.44. The molecule has 1 atom stereocenters. The monoisotopic (exact) mass is 170 g/mol. The van der Waals surface area contributed by atoms with Crippen molar-refractivity contribution in [3.8, 4) is 0 Å². The molecular formula is C10H18O2. The molecule has 0 aromatic rings. The second-order valence-electron chi connectivity index (χ2n) is 4.35. The third kappa shape index (κ3) is 2.95. The van der Waals surface area contributed by atoms with Crippen molar-refractivity contribution in [2.24, 2.45) is 5.41 Å². The van der Waals surface area contributed by atoms with E-state index in [1.54, 1.807) is 0 Å². The second kappa shape index (κ2) is 3.58. The molecule has 0 amide bonds. The molecule has 70 valence electrons. The highest BCUT2D eigenvalue weighted by atomic mass is 16.5. The lowest BCUT2D eigenvalue weighted by Crippen LogP contribution is -2.25. The van der Waals surface area contributed by atoms with Crippen LogP contribution in [0.15, 0.2) is 11.6 Å². The van der Waals surface area contributed by atoms with Gasteiger partial charge in [-0.15, -0.1) is 0 Å². The topological polar surface area (TPSA) is 29.5 Å². The molecule has 0 spiro atoms. The summed E-state index contributed by atoms with van der Waals surface area (Å²) in [6, 6.07) is 0. The standard InChI is InChI=1S/C10H18O2/c1-8-4-9(11)6-12-7-10(2,3)5-8/h5,9,11H,4,6-7H2,1-3H3. The largest absolute Gasteiger partial charge is 0.390 e. The van der Waals surface area contributed by atoms with Gasteiger partial charge in [0.05, 0.1) is 19.3 Å². The summed E-state index contributed by atoms with van der Waals surface area (Å²) in [6.07, 6.45) is 2.61. The Bertz CT molecular complexity index is 182. The van der Waals surface area contributed by atoms with Crippen molar-refractivity contribution >= 4 is 0 Å². The summed E-state index contributed by atoms with van der Waals surface area (Å²) >= 11 is 0. The molecule has 0 fully saturated rings. The minimum atomic E-state index is -0.322. The predicted octanol–water partition coefficient (Wildman–Crippen LogP) is 1.74. The van der Waals surface area contributed by atoms with Crippen LogP contribution in [0, 0.1) is 5.41 Å². The van der Waals surface area contributed by atoms with E-state index < -0.39 is 0 Å². The summed E-state index contributed by atoms with van der Waals surface area (Å²) in [5.41, 5.74) is 1.38. The Morgan fingerprint density at radius 3 is 2.92 bits per heavy atom. The van der Waals surface area contributed by atoms with Crippen LogP contribution in [0.3, 0.4) is 0 Å². The average molecular weight is 170 g/mol. The van der Waals surface area contributed by atoms with E-state index in [1.807, 2.05) is 0 Å². The summed E-state index contributed by atoms with van der Waals surface area (Å²) in [4.78, 5) is 0. The normalized spacial score (nSPS) is 30.3. The molecular weight excluding hydrogens is 152 g/mol. The van der Waals surface area contributed by atoms with E-state index in [9.17, 15) is 5.11 Å². The lowest BCUT2D eigenvalue weighted by molar-refractivity contribution is 0.00809. The Morgan fingerprint density at radius 2 is 2.25 bits per heavy atom. The lowest BCUT2D eigenvalue weighted by atomic mass is 9.90. The lowest BCUT2D eigenvalue weighted by Gasteiger charge is -2.26. The fraction of sp³-hybridized carbons (Fsp3) is 0.800. The first-order chi connectivity index (χ1) is 5.49. The number of hydrogen-bond donors (Lipinski definition) is 1. The number of ether oxygens (including phenoxy) is 1. The van der Waals surface area contributed by atoms with Gasteiger partial charge in [-0.05, 0) is 13.3 Å². The first kappa shape index (κ1) is 9.75. The van der Waals surface area contributed by atoms with Crippen LogP contribution in [0.1, 0.15) is 27.2 Å². The van der Waals surface area contributed by atoms with E-state index >= 15 is 0 Å². The molecule has 1 unspecified atom stereocenters. The SMILES string of the molecule is CC1=CC(C)(C)COCC(O)C1. The Kier molecular flexibility index (Phi) is 2.91. The van der Waals surface area contributed by atoms with Gasteiger partial charge in [0, 0.05) is 5.41 Å². The molecule has 12 heavy (non-hydrogen) atoms. The quantitative estimate of drug-likeness (QED) is 0.561. The molecule has 0 saturated carbocycles. The molecule has 1 aliphatic rings. The second-order valence-corrected chi connectivity index (χ2v) is 4.35. The molecule has 0 radical (unpaired) electrons. The van der Waals surface area contributed by atoms with E-state index in [4.69, 9.17) is 4.74 Å². The smallest absolute Gasteiger partial charge is 0.0810 e. The minimum Gasteiger partial charge on any atom is -0.390 e. The average Bonchev–Trinajstić information content (AvgIpc) is 1.81. The fourth-order valence-electron chi connectivity index (χ4n) is 1.66. The molecule has 2 heteroatoms. The van der Waals surface area contributed by atoms with Crippen molar-refractivity contribution in [2.75, 3.05) is 13.2 Å². The van der Waals surface area contributed by atoms with Crippen LogP contribution >= 0.6 is 0 Å². The highest BCUT2D eigenvalue weighted by molar-refractivity contribution is 5.07. The van der Waals surface area contributed by atoms with Gasteiger partial charge < -0.3 is 9.84 Å². The maximum absolute atomic E-state index is 9.39. The summed E-state index contributed by atoms with van der Waals surface area (Å²) in [5.74, 6) is 0. The molecule has 0 aliphatic carbocycles. The highest BCUT2D eigenvalue weighted by Crippen LogP contribution is 2.23. The van der Waals surface area contributed by atoms with Crippen LogP contribution in [0.5, 0.6) is 0 Å². The van der Waals surface area contributed by atoms with Crippen molar-refractivity contribution in [3.05, 3.63) is 11.6 Å². The maximum Gasteiger partial charge on any atom is 0.0810 e. The van der Waals surface area contributed by atoms with Gasteiger partial charge in [-0.25, -0.2) is 0 Å². The third-order valence-corrected chi connectivity index (χ3v) is 1.98. The molecule has 1 aliphatic heterocycles. The van der Waals surface area contributed by atoms with Crippen molar-refractivity contribution in [1.29, 1.82) is 0 Å². The molecule has 0 aromatic carbocycles. The maximum atomic E-state index is 9.39. The van der Waals surface area contributed by atoms with Gasteiger partial charge in [0.1, 0.15) is 0 Å². The van der Waals surface area contributed by atoms with Gasteiger partial charge in [0.2, 0.25) is 0 Å². The third-order valence-electron chi connectivity index (χ3n) is 1.98. The summed E-state index contributed by atoms with van der Waals surface area (Å²) in [5, 5.41) is 9.39.